The van der Waals surface area contributed by atoms with E-state index < -0.39 is 0 Å². The van der Waals surface area contributed by atoms with Crippen LogP contribution in [0.5, 0.6) is 5.75 Å². The van der Waals surface area contributed by atoms with Crippen molar-refractivity contribution in [2.75, 3.05) is 12.4 Å². The van der Waals surface area contributed by atoms with Crippen molar-refractivity contribution in [3.05, 3.63) is 108 Å². The third-order valence-electron chi connectivity index (χ3n) is 6.45. The first-order chi connectivity index (χ1) is 19.0. The molecule has 1 N–H and O–H groups in total. The fraction of sp³-hybridized carbons (Fsp3) is 0.129. The van der Waals surface area contributed by atoms with Crippen molar-refractivity contribution in [1.29, 1.82) is 0 Å². The van der Waals surface area contributed by atoms with Gasteiger partial charge in [0, 0.05) is 29.4 Å². The summed E-state index contributed by atoms with van der Waals surface area (Å²) in [6, 6.07) is 19.0. The van der Waals surface area contributed by atoms with E-state index in [1.165, 1.54) is 6.33 Å². The molecule has 8 heteroatoms. The summed E-state index contributed by atoms with van der Waals surface area (Å²) in [7, 11) is 1.60. The maximum atomic E-state index is 14.3. The van der Waals surface area contributed by atoms with Crippen molar-refractivity contribution >= 4 is 34.6 Å². The maximum Gasteiger partial charge on any atom is 0.263 e. The Kier molecular flexibility index (Phi) is 7.27. The topological polar surface area (TPSA) is 94.3 Å². The summed E-state index contributed by atoms with van der Waals surface area (Å²) in [6.07, 6.45) is 8.19. The molecule has 5 rings (SSSR count). The molecule has 39 heavy (non-hydrogen) atoms. The van der Waals surface area contributed by atoms with Crippen molar-refractivity contribution in [3.8, 4) is 22.6 Å². The van der Waals surface area contributed by atoms with Crippen LogP contribution in [0.2, 0.25) is 0 Å². The van der Waals surface area contributed by atoms with Crippen molar-refractivity contribution in [1.82, 2.24) is 19.5 Å². The number of rotatable bonds is 8. The molecule has 0 spiro atoms. The minimum absolute atomic E-state index is 0.137. The molecule has 0 fully saturated rings. The number of anilines is 1. The minimum atomic E-state index is -0.317. The molecule has 8 nitrogen and oxygen atoms in total. The molecule has 3 heterocycles. The Morgan fingerprint density at radius 2 is 1.90 bits per heavy atom. The number of nitrogens with zero attached hydrogens (tertiary/aromatic N) is 5. The molecule has 0 radical (unpaired) electrons. The molecule has 0 aliphatic heterocycles. The Hall–Kier alpha value is -5.11. The Bertz CT molecular complexity index is 1740. The number of aromatic nitrogens is 4. The summed E-state index contributed by atoms with van der Waals surface area (Å²) < 4.78 is 7.13. The average molecular weight is 517 g/mol. The number of fused-ring (bicyclic) bond motifs is 1. The van der Waals surface area contributed by atoms with E-state index in [4.69, 9.17) is 4.74 Å². The van der Waals surface area contributed by atoms with Gasteiger partial charge in [-0.25, -0.2) is 9.97 Å². The predicted molar refractivity (Wildman–Crippen MR) is 157 cm³/mol. The van der Waals surface area contributed by atoms with E-state index in [9.17, 15) is 4.79 Å². The van der Waals surface area contributed by atoms with E-state index >= 15 is 0 Å². The molecule has 5 aromatic rings. The van der Waals surface area contributed by atoms with E-state index in [1.807, 2.05) is 74.5 Å². The normalized spacial score (nSPS) is 12.0. The summed E-state index contributed by atoms with van der Waals surface area (Å²) in [4.78, 5) is 31.8. The van der Waals surface area contributed by atoms with Gasteiger partial charge in [0.1, 0.15) is 17.8 Å². The van der Waals surface area contributed by atoms with Gasteiger partial charge in [-0.05, 0) is 55.1 Å². The first-order valence-corrected chi connectivity index (χ1v) is 12.5. The lowest BCUT2D eigenvalue weighted by Gasteiger charge is -2.22. The summed E-state index contributed by atoms with van der Waals surface area (Å²) in [5.74, 6) is 1.17. The van der Waals surface area contributed by atoms with Gasteiger partial charge in [-0.3, -0.25) is 19.3 Å². The Labute approximate surface area is 226 Å². The number of hydrogen-bond acceptors (Lipinski definition) is 7. The van der Waals surface area contributed by atoms with E-state index in [2.05, 4.69) is 31.8 Å². The van der Waals surface area contributed by atoms with Crippen molar-refractivity contribution in [2.24, 2.45) is 4.99 Å². The molecule has 0 saturated heterocycles. The highest BCUT2D eigenvalue weighted by atomic mass is 16.5. The van der Waals surface area contributed by atoms with Crippen LogP contribution in [0.4, 0.5) is 11.5 Å². The lowest BCUT2D eigenvalue weighted by Crippen LogP contribution is -2.26. The van der Waals surface area contributed by atoms with Crippen molar-refractivity contribution in [3.63, 3.8) is 0 Å². The Morgan fingerprint density at radius 3 is 2.64 bits per heavy atom. The van der Waals surface area contributed by atoms with E-state index in [1.54, 1.807) is 36.4 Å². The largest absolute Gasteiger partial charge is 0.495 e. The molecular formula is C31H28N6O2. The summed E-state index contributed by atoms with van der Waals surface area (Å²) in [5, 5.41) is 4.86. The summed E-state index contributed by atoms with van der Waals surface area (Å²) in [5.41, 5.74) is 4.18. The van der Waals surface area contributed by atoms with Crippen molar-refractivity contribution in [2.45, 2.75) is 19.9 Å². The van der Waals surface area contributed by atoms with Gasteiger partial charge in [0.2, 0.25) is 0 Å². The summed E-state index contributed by atoms with van der Waals surface area (Å²) >= 11 is 0. The van der Waals surface area contributed by atoms with Gasteiger partial charge in [0.25, 0.3) is 5.56 Å². The van der Waals surface area contributed by atoms with Crippen LogP contribution in [0.3, 0.4) is 0 Å². The second kappa shape index (κ2) is 11.1. The molecule has 0 bridgehead atoms. The summed E-state index contributed by atoms with van der Waals surface area (Å²) in [6.45, 7) is 7.67. The van der Waals surface area contributed by atoms with Crippen LogP contribution in [0.15, 0.2) is 95.8 Å². The zero-order valence-corrected chi connectivity index (χ0v) is 22.0. The van der Waals surface area contributed by atoms with Gasteiger partial charge >= 0.3 is 0 Å². The molecule has 0 unspecified atom stereocenters. The third kappa shape index (κ3) is 4.92. The molecule has 0 aliphatic carbocycles. The highest BCUT2D eigenvalue weighted by Gasteiger charge is 2.20. The minimum Gasteiger partial charge on any atom is -0.495 e. The zero-order valence-electron chi connectivity index (χ0n) is 22.0. The SMILES string of the molecule is C=Cc1ncnc(N[C@@H](C)c2cc3cccc(-c4cncc(OC)c4)c3c(=O)n2-c2ccccc2)c1/N=C\C. The Balaban J connectivity index is 1.73. The van der Waals surface area contributed by atoms with Crippen LogP contribution >= 0.6 is 0 Å². The average Bonchev–Trinajstić information content (AvgIpc) is 2.98. The Morgan fingerprint density at radius 1 is 1.08 bits per heavy atom. The van der Waals surface area contributed by atoms with Crippen LogP contribution in [0, 0.1) is 0 Å². The highest BCUT2D eigenvalue weighted by molar-refractivity contribution is 5.96. The second-order valence-corrected chi connectivity index (χ2v) is 8.84. The number of aliphatic imine (C=N–C) groups is 1. The number of pyridine rings is 2. The van der Waals surface area contributed by atoms with Crippen LogP contribution in [-0.2, 0) is 0 Å². The van der Waals surface area contributed by atoms with Gasteiger partial charge < -0.3 is 10.1 Å². The van der Waals surface area contributed by atoms with Crippen LogP contribution in [0.1, 0.15) is 31.3 Å². The fourth-order valence-electron chi connectivity index (χ4n) is 4.65. The number of ether oxygens (including phenoxy) is 1. The number of nitrogens with one attached hydrogen (secondary N) is 1. The van der Waals surface area contributed by atoms with E-state index in [-0.39, 0.29) is 11.6 Å². The van der Waals surface area contributed by atoms with E-state index in [0.29, 0.717) is 28.3 Å². The maximum absolute atomic E-state index is 14.3. The number of methoxy groups -OCH3 is 1. The van der Waals surface area contributed by atoms with Gasteiger partial charge in [0.05, 0.1) is 30.4 Å². The lowest BCUT2D eigenvalue weighted by atomic mass is 9.98. The quantitative estimate of drug-likeness (QED) is 0.240. The second-order valence-electron chi connectivity index (χ2n) is 8.84. The van der Waals surface area contributed by atoms with Gasteiger partial charge in [-0.1, -0.05) is 43.0 Å². The molecule has 2 aromatic carbocycles. The van der Waals surface area contributed by atoms with Gasteiger partial charge in [-0.15, -0.1) is 0 Å². The lowest BCUT2D eigenvalue weighted by molar-refractivity contribution is 0.413. The monoisotopic (exact) mass is 516 g/mol. The highest BCUT2D eigenvalue weighted by Crippen LogP contribution is 2.33. The molecule has 3 aromatic heterocycles. The van der Waals surface area contributed by atoms with Crippen LogP contribution in [-0.4, -0.2) is 32.8 Å². The fourth-order valence-corrected chi connectivity index (χ4v) is 4.65. The number of hydrogen-bond donors (Lipinski definition) is 1. The number of benzene rings is 2. The predicted octanol–water partition coefficient (Wildman–Crippen LogP) is 6.39. The molecule has 0 amide bonds. The first kappa shape index (κ1) is 25.5. The standard InChI is InChI=1S/C31H28N6O2/c1-5-26-29(33-6-2)30(35-19-34-26)36-20(3)27-16-21-11-10-14-25(22-15-24(39-4)18-32-17-22)28(21)31(38)37(27)23-12-8-7-9-13-23/h5-20H,1H2,2-4H3,(H,34,35,36)/b33-6-/t20-/m0/s1. The molecule has 194 valence electrons. The first-order valence-electron chi connectivity index (χ1n) is 12.5. The molecule has 0 aliphatic rings. The smallest absolute Gasteiger partial charge is 0.263 e. The molecular weight excluding hydrogens is 488 g/mol. The molecule has 0 saturated carbocycles. The van der Waals surface area contributed by atoms with Gasteiger partial charge in [-0.2, -0.15) is 0 Å². The van der Waals surface area contributed by atoms with Crippen molar-refractivity contribution < 1.29 is 4.74 Å². The number of para-hydroxylation sites is 1. The van der Waals surface area contributed by atoms with E-state index in [0.717, 1.165) is 27.9 Å². The van der Waals surface area contributed by atoms with Crippen LogP contribution < -0.4 is 15.6 Å². The third-order valence-corrected chi connectivity index (χ3v) is 6.45. The molecule has 1 atom stereocenters. The van der Waals surface area contributed by atoms with Crippen LogP contribution in [0.25, 0.3) is 33.7 Å². The van der Waals surface area contributed by atoms with Gasteiger partial charge in [0.15, 0.2) is 5.82 Å². The zero-order chi connectivity index (χ0) is 27.4.